The molecule has 0 bridgehead atoms. The van der Waals surface area contributed by atoms with E-state index >= 15 is 0 Å². The van der Waals surface area contributed by atoms with Gasteiger partial charge in [0, 0.05) is 16.8 Å². The Bertz CT molecular complexity index is 622. The first-order valence-corrected chi connectivity index (χ1v) is 9.07. The molecule has 0 spiro atoms. The zero-order valence-electron chi connectivity index (χ0n) is 12.7. The lowest BCUT2D eigenvalue weighted by Gasteiger charge is -2.14. The minimum absolute atomic E-state index is 0.111. The van der Waals surface area contributed by atoms with Gasteiger partial charge in [0.1, 0.15) is 10.8 Å². The Hall–Kier alpha value is -0.920. The van der Waals surface area contributed by atoms with Crippen LogP contribution in [0, 0.1) is 0 Å². The van der Waals surface area contributed by atoms with Gasteiger partial charge in [-0.05, 0) is 12.8 Å². The van der Waals surface area contributed by atoms with E-state index in [0.29, 0.717) is 12.6 Å². The van der Waals surface area contributed by atoms with Gasteiger partial charge in [0.2, 0.25) is 0 Å². The number of thioether (sulfide) groups is 1. The van der Waals surface area contributed by atoms with Gasteiger partial charge in [0.15, 0.2) is 5.16 Å². The van der Waals surface area contributed by atoms with Crippen molar-refractivity contribution in [3.63, 3.8) is 0 Å². The number of nitrogens with two attached hydrogens (primary N) is 1. The molecule has 0 aliphatic heterocycles. The maximum Gasteiger partial charge on any atom is 0.191 e. The summed E-state index contributed by atoms with van der Waals surface area (Å²) >= 11 is 3.43. The minimum Gasteiger partial charge on any atom is -0.324 e. The first-order chi connectivity index (χ1) is 9.99. The molecule has 5 nitrogen and oxygen atoms in total. The fourth-order valence-corrected chi connectivity index (χ4v) is 4.16. The summed E-state index contributed by atoms with van der Waals surface area (Å²) in [6.07, 6.45) is 2.42. The van der Waals surface area contributed by atoms with Crippen LogP contribution >= 0.6 is 23.1 Å². The summed E-state index contributed by atoms with van der Waals surface area (Å²) < 4.78 is 2.21. The highest BCUT2D eigenvalue weighted by Gasteiger charge is 2.29. The van der Waals surface area contributed by atoms with Crippen molar-refractivity contribution in [3.8, 4) is 0 Å². The molecule has 0 amide bonds. The van der Waals surface area contributed by atoms with E-state index in [-0.39, 0.29) is 5.41 Å². The Morgan fingerprint density at radius 2 is 2.14 bits per heavy atom. The lowest BCUT2D eigenvalue weighted by atomic mass is 9.93. The van der Waals surface area contributed by atoms with Crippen LogP contribution in [0.3, 0.4) is 0 Å². The van der Waals surface area contributed by atoms with Gasteiger partial charge in [0.25, 0.3) is 0 Å². The molecule has 0 atom stereocenters. The highest BCUT2D eigenvalue weighted by atomic mass is 32.2. The summed E-state index contributed by atoms with van der Waals surface area (Å²) in [5.41, 5.74) is 7.02. The second kappa shape index (κ2) is 5.70. The van der Waals surface area contributed by atoms with Crippen molar-refractivity contribution in [2.45, 2.75) is 62.5 Å². The summed E-state index contributed by atoms with van der Waals surface area (Å²) in [6, 6.07) is 0.558. The van der Waals surface area contributed by atoms with E-state index in [1.165, 1.54) is 12.8 Å². The summed E-state index contributed by atoms with van der Waals surface area (Å²) in [5.74, 6) is 1.74. The van der Waals surface area contributed by atoms with Gasteiger partial charge < -0.3 is 10.3 Å². The largest absolute Gasteiger partial charge is 0.324 e. The van der Waals surface area contributed by atoms with E-state index in [2.05, 4.69) is 40.9 Å². The quantitative estimate of drug-likeness (QED) is 0.856. The second-order valence-electron chi connectivity index (χ2n) is 6.37. The Morgan fingerprint density at radius 3 is 2.71 bits per heavy atom. The Balaban J connectivity index is 1.70. The third kappa shape index (κ3) is 3.30. The monoisotopic (exact) mass is 323 g/mol. The first kappa shape index (κ1) is 15.0. The lowest BCUT2D eigenvalue weighted by molar-refractivity contribution is 0.571. The Kier molecular flexibility index (Phi) is 4.07. The molecular weight excluding hydrogens is 302 g/mol. The Morgan fingerprint density at radius 1 is 1.38 bits per heavy atom. The van der Waals surface area contributed by atoms with E-state index < -0.39 is 0 Å². The first-order valence-electron chi connectivity index (χ1n) is 7.20. The third-order valence-corrected chi connectivity index (χ3v) is 5.46. The molecule has 1 saturated carbocycles. The number of nitrogens with zero attached hydrogens (tertiary/aromatic N) is 4. The van der Waals surface area contributed by atoms with Gasteiger partial charge in [-0.3, -0.25) is 0 Å². The van der Waals surface area contributed by atoms with Crippen molar-refractivity contribution in [1.82, 2.24) is 19.7 Å². The zero-order chi connectivity index (χ0) is 15.0. The van der Waals surface area contributed by atoms with Crippen molar-refractivity contribution in [3.05, 3.63) is 21.9 Å². The molecule has 1 aliphatic rings. The van der Waals surface area contributed by atoms with Gasteiger partial charge in [-0.15, -0.1) is 21.5 Å². The van der Waals surface area contributed by atoms with Gasteiger partial charge in [-0.1, -0.05) is 32.5 Å². The normalized spacial score (nSPS) is 15.6. The fourth-order valence-electron chi connectivity index (χ4n) is 2.09. The molecule has 114 valence electrons. The summed E-state index contributed by atoms with van der Waals surface area (Å²) in [5, 5.41) is 12.8. The average molecular weight is 323 g/mol. The van der Waals surface area contributed by atoms with Gasteiger partial charge >= 0.3 is 0 Å². The van der Waals surface area contributed by atoms with E-state index in [4.69, 9.17) is 10.7 Å². The van der Waals surface area contributed by atoms with Crippen molar-refractivity contribution in [1.29, 1.82) is 0 Å². The van der Waals surface area contributed by atoms with Crippen LogP contribution in [0.1, 0.15) is 56.2 Å². The van der Waals surface area contributed by atoms with Crippen LogP contribution in [0.15, 0.2) is 10.5 Å². The minimum atomic E-state index is 0.111. The van der Waals surface area contributed by atoms with E-state index in [1.807, 2.05) is 0 Å². The number of hydrogen-bond acceptors (Lipinski definition) is 6. The SMILES string of the molecule is CC(C)(C)c1csc(CSc2nnc(CN)n2C2CC2)n1. The second-order valence-corrected chi connectivity index (χ2v) is 8.25. The van der Waals surface area contributed by atoms with Crippen LogP contribution in [-0.4, -0.2) is 19.7 Å². The van der Waals surface area contributed by atoms with Crippen LogP contribution in [0.2, 0.25) is 0 Å². The smallest absolute Gasteiger partial charge is 0.191 e. The van der Waals surface area contributed by atoms with Gasteiger partial charge in [-0.25, -0.2) is 4.98 Å². The Labute approximate surface area is 133 Å². The number of aromatic nitrogens is 4. The molecule has 21 heavy (non-hydrogen) atoms. The van der Waals surface area contributed by atoms with Crippen LogP contribution < -0.4 is 5.73 Å². The van der Waals surface area contributed by atoms with E-state index in [1.54, 1.807) is 23.1 Å². The zero-order valence-corrected chi connectivity index (χ0v) is 14.3. The van der Waals surface area contributed by atoms with Crippen LogP contribution in [0.5, 0.6) is 0 Å². The standard InChI is InChI=1S/C14H21N5S2/c1-14(2,3)10-7-20-12(16-10)8-21-13-18-17-11(6-15)19(13)9-4-5-9/h7,9H,4-6,8,15H2,1-3H3. The van der Waals surface area contributed by atoms with Crippen LogP contribution in [0.4, 0.5) is 0 Å². The molecule has 2 aromatic heterocycles. The molecule has 1 aliphatic carbocycles. The van der Waals surface area contributed by atoms with Crippen molar-refractivity contribution in [2.24, 2.45) is 5.73 Å². The molecule has 3 rings (SSSR count). The van der Waals surface area contributed by atoms with Crippen molar-refractivity contribution in [2.75, 3.05) is 0 Å². The summed E-state index contributed by atoms with van der Waals surface area (Å²) in [6.45, 7) is 7.03. The molecule has 7 heteroatoms. The molecule has 2 aromatic rings. The molecular formula is C14H21N5S2. The van der Waals surface area contributed by atoms with Crippen LogP contribution in [0.25, 0.3) is 0 Å². The predicted molar refractivity (Wildman–Crippen MR) is 86.6 cm³/mol. The van der Waals surface area contributed by atoms with Gasteiger partial charge in [-0.2, -0.15) is 0 Å². The van der Waals surface area contributed by atoms with Gasteiger partial charge in [0.05, 0.1) is 18.0 Å². The predicted octanol–water partition coefficient (Wildman–Crippen LogP) is 3.12. The molecule has 0 saturated heterocycles. The average Bonchev–Trinajstić information content (AvgIpc) is 3.01. The maximum atomic E-state index is 5.75. The van der Waals surface area contributed by atoms with E-state index in [9.17, 15) is 0 Å². The molecule has 0 aromatic carbocycles. The van der Waals surface area contributed by atoms with Crippen molar-refractivity contribution < 1.29 is 0 Å². The molecule has 1 fully saturated rings. The highest BCUT2D eigenvalue weighted by Crippen LogP contribution is 2.39. The van der Waals surface area contributed by atoms with Crippen LogP contribution in [-0.2, 0) is 17.7 Å². The molecule has 0 unspecified atom stereocenters. The molecule has 2 heterocycles. The number of rotatable bonds is 5. The lowest BCUT2D eigenvalue weighted by Crippen LogP contribution is -2.11. The highest BCUT2D eigenvalue weighted by molar-refractivity contribution is 7.98. The van der Waals surface area contributed by atoms with Crippen molar-refractivity contribution >= 4 is 23.1 Å². The third-order valence-electron chi connectivity index (χ3n) is 3.47. The number of hydrogen-bond donors (Lipinski definition) is 1. The topological polar surface area (TPSA) is 69.6 Å². The van der Waals surface area contributed by atoms with E-state index in [0.717, 1.165) is 27.4 Å². The fraction of sp³-hybridized carbons (Fsp3) is 0.643. The molecule has 2 N–H and O–H groups in total. The summed E-state index contributed by atoms with van der Waals surface area (Å²) in [7, 11) is 0. The number of thiazole rings is 1. The molecule has 0 radical (unpaired) electrons. The maximum absolute atomic E-state index is 5.75. The summed E-state index contributed by atoms with van der Waals surface area (Å²) in [4.78, 5) is 4.73.